The minimum absolute atomic E-state index is 0.0209. The van der Waals surface area contributed by atoms with E-state index >= 15 is 0 Å². The predicted molar refractivity (Wildman–Crippen MR) is 68.3 cm³/mol. The molecule has 0 heterocycles. The van der Waals surface area contributed by atoms with E-state index < -0.39 is 0 Å². The maximum atomic E-state index is 11.7. The number of rotatable bonds is 4. The number of hydrogen-bond donors (Lipinski definition) is 1. The predicted octanol–water partition coefficient (Wildman–Crippen LogP) is 1.31. The lowest BCUT2D eigenvalue weighted by molar-refractivity contribution is -0.122. The van der Waals surface area contributed by atoms with Crippen molar-refractivity contribution in [2.45, 2.75) is 6.92 Å². The van der Waals surface area contributed by atoms with Crippen LogP contribution in [0.3, 0.4) is 0 Å². The Morgan fingerprint density at radius 2 is 2.00 bits per heavy atom. The third kappa shape index (κ3) is 3.46. The maximum Gasteiger partial charge on any atom is 0.242 e. The van der Waals surface area contributed by atoms with Crippen molar-refractivity contribution in [1.29, 1.82) is 0 Å². The fraction of sp³-hybridized carbons (Fsp3) is 0.333. The molecule has 1 aromatic rings. The fourth-order valence-corrected chi connectivity index (χ4v) is 1.61. The Morgan fingerprint density at radius 1 is 1.35 bits per heavy atom. The number of anilines is 1. The molecule has 0 spiro atoms. The molecule has 1 N–H and O–H groups in total. The van der Waals surface area contributed by atoms with Gasteiger partial charge in [-0.15, -0.1) is 11.6 Å². The molecule has 0 aliphatic rings. The minimum Gasteiger partial charge on any atom is -0.358 e. The molecule has 0 fully saturated rings. The highest BCUT2D eigenvalue weighted by Crippen LogP contribution is 2.19. The second-order valence-electron chi connectivity index (χ2n) is 3.57. The first-order chi connectivity index (χ1) is 8.10. The van der Waals surface area contributed by atoms with Crippen molar-refractivity contribution in [3.05, 3.63) is 29.8 Å². The smallest absolute Gasteiger partial charge is 0.242 e. The van der Waals surface area contributed by atoms with E-state index in [0.717, 1.165) is 5.56 Å². The maximum absolute atomic E-state index is 11.7. The second kappa shape index (κ2) is 6.25. The average Bonchev–Trinajstić information content (AvgIpc) is 2.35. The van der Waals surface area contributed by atoms with Crippen LogP contribution in [-0.4, -0.2) is 31.3 Å². The first-order valence-corrected chi connectivity index (χ1v) is 5.76. The molecule has 2 amide bonds. The van der Waals surface area contributed by atoms with Crippen LogP contribution in [0.25, 0.3) is 0 Å². The zero-order valence-corrected chi connectivity index (χ0v) is 10.6. The van der Waals surface area contributed by atoms with Gasteiger partial charge in [0.2, 0.25) is 11.8 Å². The zero-order chi connectivity index (χ0) is 12.8. The highest BCUT2D eigenvalue weighted by molar-refractivity contribution is 6.29. The number of para-hydroxylation sites is 1. The van der Waals surface area contributed by atoms with E-state index in [2.05, 4.69) is 5.32 Å². The lowest BCUT2D eigenvalue weighted by Crippen LogP contribution is -2.40. The summed E-state index contributed by atoms with van der Waals surface area (Å²) >= 11 is 5.55. The summed E-state index contributed by atoms with van der Waals surface area (Å²) in [7, 11) is 1.53. The number of nitrogens with one attached hydrogen (secondary N) is 1. The van der Waals surface area contributed by atoms with Crippen LogP contribution < -0.4 is 10.2 Å². The Morgan fingerprint density at radius 3 is 2.53 bits per heavy atom. The highest BCUT2D eigenvalue weighted by atomic mass is 35.5. The monoisotopic (exact) mass is 254 g/mol. The molecule has 0 aliphatic heterocycles. The van der Waals surface area contributed by atoms with Gasteiger partial charge in [-0.05, 0) is 18.6 Å². The largest absolute Gasteiger partial charge is 0.358 e. The van der Waals surface area contributed by atoms with Gasteiger partial charge in [-0.3, -0.25) is 9.59 Å². The van der Waals surface area contributed by atoms with Crippen LogP contribution in [0.2, 0.25) is 0 Å². The fourth-order valence-electron chi connectivity index (χ4n) is 1.47. The minimum atomic E-state index is -0.287. The van der Waals surface area contributed by atoms with E-state index in [1.807, 2.05) is 25.1 Å². The number of amides is 2. The molecule has 0 aromatic heterocycles. The van der Waals surface area contributed by atoms with Gasteiger partial charge in [0, 0.05) is 12.7 Å². The van der Waals surface area contributed by atoms with Crippen molar-refractivity contribution in [3.8, 4) is 0 Å². The molecule has 0 aliphatic carbocycles. The van der Waals surface area contributed by atoms with E-state index in [1.165, 1.54) is 11.9 Å². The topological polar surface area (TPSA) is 49.4 Å². The summed E-state index contributed by atoms with van der Waals surface area (Å²) in [5, 5.41) is 2.49. The van der Waals surface area contributed by atoms with E-state index in [4.69, 9.17) is 11.6 Å². The Hall–Kier alpha value is -1.55. The zero-order valence-electron chi connectivity index (χ0n) is 9.87. The molecule has 0 bridgehead atoms. The lowest BCUT2D eigenvalue weighted by Gasteiger charge is -2.22. The summed E-state index contributed by atoms with van der Waals surface area (Å²) in [6.07, 6.45) is 0. The van der Waals surface area contributed by atoms with Crippen molar-refractivity contribution < 1.29 is 9.59 Å². The van der Waals surface area contributed by atoms with E-state index in [-0.39, 0.29) is 24.2 Å². The van der Waals surface area contributed by atoms with Crippen LogP contribution >= 0.6 is 11.6 Å². The molecular weight excluding hydrogens is 240 g/mol. The second-order valence-corrected chi connectivity index (χ2v) is 3.84. The van der Waals surface area contributed by atoms with Crippen LogP contribution in [0.4, 0.5) is 5.69 Å². The van der Waals surface area contributed by atoms with Gasteiger partial charge in [-0.25, -0.2) is 0 Å². The summed E-state index contributed by atoms with van der Waals surface area (Å²) in [6, 6.07) is 7.37. The Bertz CT molecular complexity index is 421. The molecule has 0 saturated carbocycles. The number of carbonyl (C=O) groups excluding carboxylic acids is 2. The third-order valence-corrected chi connectivity index (χ3v) is 2.63. The van der Waals surface area contributed by atoms with Gasteiger partial charge in [0.1, 0.15) is 12.4 Å². The number of likely N-dealkylation sites (N-methyl/N-ethyl adjacent to an activating group) is 1. The van der Waals surface area contributed by atoms with Gasteiger partial charge in [0.25, 0.3) is 0 Å². The summed E-state index contributed by atoms with van der Waals surface area (Å²) in [5.74, 6) is -0.665. The standard InChI is InChI=1S/C12H15ClN2O2/c1-9-5-3-4-6-10(9)15(12(17)7-13)8-11(16)14-2/h3-6H,7-8H2,1-2H3,(H,14,16). The van der Waals surface area contributed by atoms with Gasteiger partial charge in [0.05, 0.1) is 0 Å². The molecule has 0 atom stereocenters. The number of halogens is 1. The molecule has 1 aromatic carbocycles. The number of hydrogen-bond acceptors (Lipinski definition) is 2. The third-order valence-electron chi connectivity index (χ3n) is 2.40. The summed E-state index contributed by atoms with van der Waals surface area (Å²) < 4.78 is 0. The molecule has 0 unspecified atom stereocenters. The molecule has 17 heavy (non-hydrogen) atoms. The SMILES string of the molecule is CNC(=O)CN(C(=O)CCl)c1ccccc1C. The summed E-state index contributed by atoms with van der Waals surface area (Å²) in [5.41, 5.74) is 1.64. The van der Waals surface area contributed by atoms with Crippen molar-refractivity contribution in [2.24, 2.45) is 0 Å². The van der Waals surface area contributed by atoms with Crippen molar-refractivity contribution >= 4 is 29.1 Å². The van der Waals surface area contributed by atoms with Crippen molar-refractivity contribution in [3.63, 3.8) is 0 Å². The molecule has 0 saturated heterocycles. The number of nitrogens with zero attached hydrogens (tertiary/aromatic N) is 1. The average molecular weight is 255 g/mol. The van der Waals surface area contributed by atoms with Gasteiger partial charge in [0.15, 0.2) is 0 Å². The normalized spacial score (nSPS) is 9.82. The van der Waals surface area contributed by atoms with E-state index in [1.54, 1.807) is 6.07 Å². The van der Waals surface area contributed by atoms with Gasteiger partial charge in [-0.1, -0.05) is 18.2 Å². The quantitative estimate of drug-likeness (QED) is 0.824. The van der Waals surface area contributed by atoms with E-state index in [0.29, 0.717) is 5.69 Å². The van der Waals surface area contributed by atoms with Crippen molar-refractivity contribution in [2.75, 3.05) is 24.4 Å². The first-order valence-electron chi connectivity index (χ1n) is 5.22. The number of alkyl halides is 1. The molecule has 5 heteroatoms. The summed E-state index contributed by atoms with van der Waals surface area (Å²) in [4.78, 5) is 24.5. The van der Waals surface area contributed by atoms with Crippen LogP contribution in [0, 0.1) is 6.92 Å². The van der Waals surface area contributed by atoms with Crippen LogP contribution in [0.15, 0.2) is 24.3 Å². The Labute approximate surface area is 106 Å². The van der Waals surface area contributed by atoms with Crippen LogP contribution in [-0.2, 0) is 9.59 Å². The first kappa shape index (κ1) is 13.5. The Balaban J connectivity index is 3.02. The van der Waals surface area contributed by atoms with Gasteiger partial charge in [-0.2, -0.15) is 0 Å². The van der Waals surface area contributed by atoms with Crippen LogP contribution in [0.1, 0.15) is 5.56 Å². The molecule has 0 radical (unpaired) electrons. The summed E-state index contributed by atoms with van der Waals surface area (Å²) in [6.45, 7) is 1.86. The van der Waals surface area contributed by atoms with Crippen molar-refractivity contribution in [1.82, 2.24) is 5.32 Å². The molecule has 4 nitrogen and oxygen atoms in total. The van der Waals surface area contributed by atoms with Gasteiger partial charge < -0.3 is 10.2 Å². The molecular formula is C12H15ClN2O2. The lowest BCUT2D eigenvalue weighted by atomic mass is 10.2. The molecule has 1 rings (SSSR count). The van der Waals surface area contributed by atoms with E-state index in [9.17, 15) is 9.59 Å². The number of carbonyl (C=O) groups is 2. The highest BCUT2D eigenvalue weighted by Gasteiger charge is 2.18. The number of aryl methyl sites for hydroxylation is 1. The molecule has 92 valence electrons. The van der Waals surface area contributed by atoms with Crippen LogP contribution in [0.5, 0.6) is 0 Å². The number of benzene rings is 1. The Kier molecular flexibility index (Phi) is 4.97. The van der Waals surface area contributed by atoms with Gasteiger partial charge >= 0.3 is 0 Å².